The Morgan fingerprint density at radius 3 is 2.25 bits per heavy atom. The summed E-state index contributed by atoms with van der Waals surface area (Å²) in [5.41, 5.74) is 7.08. The number of hydrazone groups is 1. The van der Waals surface area contributed by atoms with Crippen LogP contribution in [0.2, 0.25) is 0 Å². The lowest BCUT2D eigenvalue weighted by Gasteiger charge is -2.10. The van der Waals surface area contributed by atoms with Gasteiger partial charge in [0.25, 0.3) is 5.91 Å². The molecule has 0 aliphatic rings. The number of esters is 1. The largest absolute Gasteiger partial charge is 0.422 e. The molecule has 0 aliphatic heterocycles. The van der Waals surface area contributed by atoms with Crippen molar-refractivity contribution >= 4 is 29.4 Å². The third-order valence-corrected chi connectivity index (χ3v) is 5.70. The summed E-state index contributed by atoms with van der Waals surface area (Å²) in [7, 11) is 0. The average Bonchev–Trinajstić information content (AvgIpc) is 3.45. The minimum atomic E-state index is -0.387. The molecule has 4 rings (SSSR count). The van der Waals surface area contributed by atoms with Crippen molar-refractivity contribution in [2.45, 2.75) is 13.8 Å². The van der Waals surface area contributed by atoms with E-state index in [0.29, 0.717) is 16.2 Å². The molecular weight excluding hydrogens is 422 g/mol. The van der Waals surface area contributed by atoms with E-state index >= 15 is 0 Å². The number of carbonyl (C=O) groups is 2. The molecule has 0 saturated heterocycles. The summed E-state index contributed by atoms with van der Waals surface area (Å²) in [6, 6.07) is 21.9. The van der Waals surface area contributed by atoms with Gasteiger partial charge in [-0.3, -0.25) is 4.79 Å². The Morgan fingerprint density at radius 2 is 1.62 bits per heavy atom. The van der Waals surface area contributed by atoms with Gasteiger partial charge in [-0.15, -0.1) is 11.3 Å². The summed E-state index contributed by atoms with van der Waals surface area (Å²) in [5, 5.41) is 5.84. The highest BCUT2D eigenvalue weighted by Gasteiger charge is 2.09. The van der Waals surface area contributed by atoms with Crippen LogP contribution >= 0.6 is 11.3 Å². The Morgan fingerprint density at radius 1 is 0.938 bits per heavy atom. The summed E-state index contributed by atoms with van der Waals surface area (Å²) in [4.78, 5) is 24.9. The maximum atomic E-state index is 12.4. The minimum absolute atomic E-state index is 0.296. The Balaban J connectivity index is 1.33. The highest BCUT2D eigenvalue weighted by molar-refractivity contribution is 7.12. The topological polar surface area (TPSA) is 72.7 Å². The van der Waals surface area contributed by atoms with Gasteiger partial charge in [-0.2, -0.15) is 5.10 Å². The van der Waals surface area contributed by atoms with Gasteiger partial charge in [-0.25, -0.2) is 10.2 Å². The number of carbonyl (C=O) groups excluding carboxylic acids is 2. The molecule has 1 amide bonds. The molecule has 0 spiro atoms. The minimum Gasteiger partial charge on any atom is -0.422 e. The van der Waals surface area contributed by atoms with E-state index in [1.54, 1.807) is 48.5 Å². The second-order valence-corrected chi connectivity index (χ2v) is 8.08. The van der Waals surface area contributed by atoms with Crippen molar-refractivity contribution in [2.24, 2.45) is 5.10 Å². The van der Waals surface area contributed by atoms with Crippen LogP contribution < -0.4 is 10.2 Å². The van der Waals surface area contributed by atoms with Crippen LogP contribution in [0.1, 0.15) is 37.0 Å². The maximum absolute atomic E-state index is 12.4. The van der Waals surface area contributed by atoms with Gasteiger partial charge in [0.1, 0.15) is 10.6 Å². The molecule has 0 saturated carbocycles. The fraction of sp³-hybridized carbons (Fsp3) is 0.0800. The van der Waals surface area contributed by atoms with Crippen molar-refractivity contribution in [3.05, 3.63) is 106 Å². The Labute approximate surface area is 189 Å². The molecule has 2 heterocycles. The molecule has 4 aromatic rings. The molecule has 0 unspecified atom stereocenters. The number of benzene rings is 2. The summed E-state index contributed by atoms with van der Waals surface area (Å²) >= 11 is 1.33. The lowest BCUT2D eigenvalue weighted by atomic mass is 10.2. The molecule has 2 aromatic carbocycles. The van der Waals surface area contributed by atoms with Crippen molar-refractivity contribution in [1.29, 1.82) is 0 Å². The normalized spacial score (nSPS) is 10.9. The molecule has 7 heteroatoms. The van der Waals surface area contributed by atoms with Crippen molar-refractivity contribution in [3.8, 4) is 11.4 Å². The Bertz CT molecular complexity index is 1240. The number of aryl methyl sites for hydroxylation is 2. The summed E-state index contributed by atoms with van der Waals surface area (Å²) in [5.74, 6) is -0.241. The molecular formula is C25H21N3O3S. The Hall–Kier alpha value is -3.97. The highest BCUT2D eigenvalue weighted by atomic mass is 32.1. The second kappa shape index (κ2) is 9.45. The van der Waals surface area contributed by atoms with Gasteiger partial charge < -0.3 is 9.30 Å². The SMILES string of the molecule is Cc1ccc(C)n1-c1ccc(C(=O)N/N=C\c2ccc(OC(=O)c3cccs3)cc2)cc1. The number of nitrogens with zero attached hydrogens (tertiary/aromatic N) is 2. The smallest absolute Gasteiger partial charge is 0.353 e. The van der Waals surface area contributed by atoms with E-state index in [1.165, 1.54) is 17.6 Å². The number of hydrogen-bond donors (Lipinski definition) is 1. The average molecular weight is 444 g/mol. The van der Waals surface area contributed by atoms with E-state index in [-0.39, 0.29) is 11.9 Å². The van der Waals surface area contributed by atoms with E-state index < -0.39 is 0 Å². The summed E-state index contributed by atoms with van der Waals surface area (Å²) in [6.07, 6.45) is 1.53. The lowest BCUT2D eigenvalue weighted by Crippen LogP contribution is -2.17. The number of amides is 1. The quantitative estimate of drug-likeness (QED) is 0.194. The number of rotatable bonds is 6. The van der Waals surface area contributed by atoms with Crippen LogP contribution in [-0.4, -0.2) is 22.7 Å². The zero-order chi connectivity index (χ0) is 22.5. The first-order valence-corrected chi connectivity index (χ1v) is 10.8. The van der Waals surface area contributed by atoms with Crippen molar-refractivity contribution in [1.82, 2.24) is 9.99 Å². The zero-order valence-electron chi connectivity index (χ0n) is 17.6. The van der Waals surface area contributed by atoms with Gasteiger partial charge in [0.15, 0.2) is 0 Å². The number of hydrogen-bond acceptors (Lipinski definition) is 5. The van der Waals surface area contributed by atoms with Gasteiger partial charge in [-0.1, -0.05) is 6.07 Å². The molecule has 0 radical (unpaired) electrons. The van der Waals surface area contributed by atoms with Gasteiger partial charge in [0.2, 0.25) is 0 Å². The van der Waals surface area contributed by atoms with Crippen molar-refractivity contribution in [3.63, 3.8) is 0 Å². The van der Waals surface area contributed by atoms with Gasteiger partial charge in [-0.05, 0) is 91.5 Å². The molecule has 0 aliphatic carbocycles. The fourth-order valence-electron chi connectivity index (χ4n) is 3.24. The molecule has 32 heavy (non-hydrogen) atoms. The fourth-order valence-corrected chi connectivity index (χ4v) is 3.84. The molecule has 1 N–H and O–H groups in total. The third kappa shape index (κ3) is 4.84. The zero-order valence-corrected chi connectivity index (χ0v) is 18.4. The van der Waals surface area contributed by atoms with Gasteiger partial charge in [0, 0.05) is 22.6 Å². The second-order valence-electron chi connectivity index (χ2n) is 7.13. The van der Waals surface area contributed by atoms with E-state index in [9.17, 15) is 9.59 Å². The van der Waals surface area contributed by atoms with Crippen LogP contribution in [0, 0.1) is 13.8 Å². The van der Waals surface area contributed by atoms with Crippen LogP contribution in [-0.2, 0) is 0 Å². The first-order valence-electron chi connectivity index (χ1n) is 9.96. The Kier molecular flexibility index (Phi) is 6.28. The number of nitrogens with one attached hydrogen (secondary N) is 1. The van der Waals surface area contributed by atoms with Crippen LogP contribution in [0.3, 0.4) is 0 Å². The molecule has 160 valence electrons. The van der Waals surface area contributed by atoms with Crippen LogP contribution in [0.15, 0.2) is 83.3 Å². The van der Waals surface area contributed by atoms with Crippen molar-refractivity contribution in [2.75, 3.05) is 0 Å². The number of thiophene rings is 1. The van der Waals surface area contributed by atoms with E-state index in [2.05, 4.69) is 27.2 Å². The molecule has 2 aromatic heterocycles. The van der Waals surface area contributed by atoms with Crippen LogP contribution in [0.4, 0.5) is 0 Å². The molecule has 0 fully saturated rings. The predicted octanol–water partition coefficient (Wildman–Crippen LogP) is 5.14. The first-order chi connectivity index (χ1) is 15.5. The molecule has 6 nitrogen and oxygen atoms in total. The molecule has 0 bridgehead atoms. The maximum Gasteiger partial charge on any atom is 0.353 e. The van der Waals surface area contributed by atoms with Gasteiger partial charge >= 0.3 is 5.97 Å². The monoisotopic (exact) mass is 443 g/mol. The lowest BCUT2D eigenvalue weighted by molar-refractivity contribution is 0.0739. The van der Waals surface area contributed by atoms with E-state index in [4.69, 9.17) is 4.74 Å². The summed E-state index contributed by atoms with van der Waals surface area (Å²) in [6.45, 7) is 4.09. The number of aromatic nitrogens is 1. The standard InChI is InChI=1S/C25H21N3O3S/c1-17-5-6-18(2)28(17)21-11-9-20(10-12-21)24(29)27-26-16-19-7-13-22(14-8-19)31-25(30)23-4-3-15-32-23/h3-16H,1-2H3,(H,27,29)/b26-16-. The third-order valence-electron chi connectivity index (χ3n) is 4.85. The summed E-state index contributed by atoms with van der Waals surface area (Å²) < 4.78 is 7.45. The highest BCUT2D eigenvalue weighted by Crippen LogP contribution is 2.18. The molecule has 0 atom stereocenters. The number of ether oxygens (including phenoxy) is 1. The van der Waals surface area contributed by atoms with Gasteiger partial charge in [0.05, 0.1) is 6.21 Å². The van der Waals surface area contributed by atoms with Crippen molar-refractivity contribution < 1.29 is 14.3 Å². The van der Waals surface area contributed by atoms with E-state index in [1.807, 2.05) is 31.4 Å². The predicted molar refractivity (Wildman–Crippen MR) is 126 cm³/mol. The first kappa shape index (κ1) is 21.3. The van der Waals surface area contributed by atoms with Crippen LogP contribution in [0.25, 0.3) is 5.69 Å². The van der Waals surface area contributed by atoms with Crippen LogP contribution in [0.5, 0.6) is 5.75 Å². The van der Waals surface area contributed by atoms with E-state index in [0.717, 1.165) is 22.6 Å².